The predicted molar refractivity (Wildman–Crippen MR) is 66.8 cm³/mol. The van der Waals surface area contributed by atoms with Gasteiger partial charge in [0.1, 0.15) is 0 Å². The molecule has 2 unspecified atom stereocenters. The van der Waals surface area contributed by atoms with Crippen LogP contribution in [0.4, 0.5) is 4.79 Å². The van der Waals surface area contributed by atoms with Crippen LogP contribution in [0.25, 0.3) is 0 Å². The van der Waals surface area contributed by atoms with E-state index < -0.39 is 23.8 Å². The van der Waals surface area contributed by atoms with E-state index in [2.05, 4.69) is 0 Å². The van der Waals surface area contributed by atoms with Crippen LogP contribution < -0.4 is 0 Å². The number of urea groups is 1. The molecule has 19 heavy (non-hydrogen) atoms. The van der Waals surface area contributed by atoms with E-state index in [4.69, 9.17) is 10.2 Å². The van der Waals surface area contributed by atoms with E-state index in [1.165, 1.54) is 4.90 Å². The highest BCUT2D eigenvalue weighted by Gasteiger charge is 2.40. The molecule has 0 aliphatic carbocycles. The smallest absolute Gasteiger partial charge is 0.320 e. The zero-order valence-electron chi connectivity index (χ0n) is 11.2. The van der Waals surface area contributed by atoms with Gasteiger partial charge in [0.2, 0.25) is 0 Å². The minimum Gasteiger partial charge on any atom is -0.481 e. The van der Waals surface area contributed by atoms with Crippen LogP contribution >= 0.6 is 0 Å². The third kappa shape index (κ3) is 3.36. The van der Waals surface area contributed by atoms with Gasteiger partial charge < -0.3 is 20.0 Å². The number of nitrogens with zero attached hydrogens (tertiary/aromatic N) is 2. The molecule has 0 bridgehead atoms. The molecular weight excluding hydrogens is 252 g/mol. The second-order valence-electron chi connectivity index (χ2n) is 4.58. The molecule has 7 nitrogen and oxygen atoms in total. The molecule has 1 heterocycles. The average molecular weight is 272 g/mol. The molecule has 0 radical (unpaired) electrons. The van der Waals surface area contributed by atoms with Crippen molar-refractivity contribution >= 4 is 18.0 Å². The van der Waals surface area contributed by atoms with Crippen LogP contribution in [0.2, 0.25) is 0 Å². The lowest BCUT2D eigenvalue weighted by molar-refractivity contribution is -0.156. The Bertz CT molecular complexity index is 367. The fraction of sp³-hybridized carbons (Fsp3) is 0.750. The Hall–Kier alpha value is -1.79. The molecule has 1 aliphatic rings. The van der Waals surface area contributed by atoms with E-state index in [0.29, 0.717) is 13.1 Å². The normalized spacial score (nSPS) is 22.9. The summed E-state index contributed by atoms with van der Waals surface area (Å²) in [6.07, 6.45) is 0.180. The van der Waals surface area contributed by atoms with Crippen molar-refractivity contribution in [3.05, 3.63) is 0 Å². The Labute approximate surface area is 111 Å². The van der Waals surface area contributed by atoms with E-state index >= 15 is 0 Å². The Kier molecular flexibility index (Phi) is 5.14. The van der Waals surface area contributed by atoms with Crippen LogP contribution in [-0.2, 0) is 9.59 Å². The second-order valence-corrected chi connectivity index (χ2v) is 4.58. The Balaban J connectivity index is 2.79. The maximum atomic E-state index is 12.1. The van der Waals surface area contributed by atoms with E-state index in [1.807, 2.05) is 13.8 Å². The third-order valence-corrected chi connectivity index (χ3v) is 3.55. The number of piperidine rings is 1. The summed E-state index contributed by atoms with van der Waals surface area (Å²) in [5.41, 5.74) is 0. The van der Waals surface area contributed by atoms with E-state index in [9.17, 15) is 14.4 Å². The summed E-state index contributed by atoms with van der Waals surface area (Å²) in [5.74, 6) is -4.23. The van der Waals surface area contributed by atoms with Crippen molar-refractivity contribution in [2.45, 2.75) is 20.3 Å². The fourth-order valence-electron chi connectivity index (χ4n) is 2.37. The van der Waals surface area contributed by atoms with Gasteiger partial charge in [-0.2, -0.15) is 0 Å². The molecule has 108 valence electrons. The first-order valence-electron chi connectivity index (χ1n) is 6.41. The summed E-state index contributed by atoms with van der Waals surface area (Å²) in [5, 5.41) is 18.1. The standard InChI is InChI=1S/C12H20N2O5/c1-3-13(4-2)12(19)14-6-5-8(10(15)16)9(7-14)11(17)18/h8-9H,3-7H2,1-2H3,(H,15,16)(H,17,18). The zero-order valence-corrected chi connectivity index (χ0v) is 11.2. The number of carbonyl (C=O) groups is 3. The van der Waals surface area contributed by atoms with Gasteiger partial charge in [0.15, 0.2) is 0 Å². The van der Waals surface area contributed by atoms with Gasteiger partial charge in [-0.3, -0.25) is 9.59 Å². The minimum absolute atomic E-state index is 0.0400. The van der Waals surface area contributed by atoms with Crippen molar-refractivity contribution in [2.24, 2.45) is 11.8 Å². The zero-order chi connectivity index (χ0) is 14.6. The first-order chi connectivity index (χ1) is 8.92. The van der Waals surface area contributed by atoms with Crippen LogP contribution in [0.15, 0.2) is 0 Å². The van der Waals surface area contributed by atoms with Gasteiger partial charge in [-0.1, -0.05) is 0 Å². The number of likely N-dealkylation sites (tertiary alicyclic amines) is 1. The molecule has 2 amide bonds. The molecule has 1 rings (SSSR count). The molecule has 7 heteroatoms. The molecule has 0 spiro atoms. The molecular formula is C12H20N2O5. The summed E-state index contributed by atoms with van der Waals surface area (Å²) in [6, 6.07) is -0.222. The van der Waals surface area contributed by atoms with Gasteiger partial charge in [-0.15, -0.1) is 0 Å². The lowest BCUT2D eigenvalue weighted by Crippen LogP contribution is -2.52. The number of hydrogen-bond acceptors (Lipinski definition) is 3. The summed E-state index contributed by atoms with van der Waals surface area (Å²) >= 11 is 0. The minimum atomic E-state index is -1.16. The summed E-state index contributed by atoms with van der Waals surface area (Å²) < 4.78 is 0. The molecule has 2 atom stereocenters. The number of carboxylic acids is 2. The SMILES string of the molecule is CCN(CC)C(=O)N1CCC(C(=O)O)C(C(=O)O)C1. The Morgan fingerprint density at radius 3 is 2.05 bits per heavy atom. The highest BCUT2D eigenvalue weighted by Crippen LogP contribution is 2.25. The Morgan fingerprint density at radius 1 is 1.11 bits per heavy atom. The topological polar surface area (TPSA) is 98.2 Å². The van der Waals surface area contributed by atoms with E-state index in [0.717, 1.165) is 0 Å². The summed E-state index contributed by atoms with van der Waals surface area (Å²) in [6.45, 7) is 5.04. The van der Waals surface area contributed by atoms with E-state index in [1.54, 1.807) is 4.90 Å². The van der Waals surface area contributed by atoms with Gasteiger partial charge in [-0.05, 0) is 20.3 Å². The average Bonchev–Trinajstić information content (AvgIpc) is 2.39. The molecule has 1 fully saturated rings. The Morgan fingerprint density at radius 2 is 1.63 bits per heavy atom. The molecule has 2 N–H and O–H groups in total. The molecule has 1 aliphatic heterocycles. The van der Waals surface area contributed by atoms with Gasteiger partial charge in [0, 0.05) is 26.2 Å². The van der Waals surface area contributed by atoms with Crippen LogP contribution in [0.1, 0.15) is 20.3 Å². The first-order valence-corrected chi connectivity index (χ1v) is 6.41. The highest BCUT2D eigenvalue weighted by atomic mass is 16.4. The number of carboxylic acid groups (broad SMARTS) is 2. The van der Waals surface area contributed by atoms with Crippen LogP contribution in [0, 0.1) is 11.8 Å². The van der Waals surface area contributed by atoms with Crippen molar-refractivity contribution in [3.8, 4) is 0 Å². The summed E-state index contributed by atoms with van der Waals surface area (Å²) in [4.78, 5) is 37.3. The van der Waals surface area contributed by atoms with Crippen LogP contribution in [0.5, 0.6) is 0 Å². The van der Waals surface area contributed by atoms with Crippen molar-refractivity contribution in [2.75, 3.05) is 26.2 Å². The van der Waals surface area contributed by atoms with E-state index in [-0.39, 0.29) is 25.5 Å². The number of amides is 2. The van der Waals surface area contributed by atoms with Crippen molar-refractivity contribution < 1.29 is 24.6 Å². The largest absolute Gasteiger partial charge is 0.481 e. The lowest BCUT2D eigenvalue weighted by Gasteiger charge is -2.37. The fourth-order valence-corrected chi connectivity index (χ4v) is 2.37. The third-order valence-electron chi connectivity index (χ3n) is 3.55. The van der Waals surface area contributed by atoms with Gasteiger partial charge in [0.05, 0.1) is 11.8 Å². The first kappa shape index (κ1) is 15.3. The predicted octanol–water partition coefficient (Wildman–Crippen LogP) is 0.556. The monoisotopic (exact) mass is 272 g/mol. The van der Waals surface area contributed by atoms with Crippen molar-refractivity contribution in [3.63, 3.8) is 0 Å². The highest BCUT2D eigenvalue weighted by molar-refractivity contribution is 5.82. The second kappa shape index (κ2) is 6.40. The van der Waals surface area contributed by atoms with Crippen LogP contribution in [0.3, 0.4) is 0 Å². The van der Waals surface area contributed by atoms with Crippen molar-refractivity contribution in [1.82, 2.24) is 9.80 Å². The number of hydrogen-bond donors (Lipinski definition) is 2. The maximum absolute atomic E-state index is 12.1. The van der Waals surface area contributed by atoms with Gasteiger partial charge in [0.25, 0.3) is 0 Å². The molecule has 0 aromatic heterocycles. The molecule has 0 saturated carbocycles. The summed E-state index contributed by atoms with van der Waals surface area (Å²) in [7, 11) is 0. The number of rotatable bonds is 4. The number of aliphatic carboxylic acids is 2. The van der Waals surface area contributed by atoms with Gasteiger partial charge >= 0.3 is 18.0 Å². The van der Waals surface area contributed by atoms with Gasteiger partial charge in [-0.25, -0.2) is 4.79 Å². The quantitative estimate of drug-likeness (QED) is 0.779. The molecule has 0 aromatic carbocycles. The van der Waals surface area contributed by atoms with Crippen LogP contribution in [-0.4, -0.2) is 64.2 Å². The number of carbonyl (C=O) groups excluding carboxylic acids is 1. The maximum Gasteiger partial charge on any atom is 0.320 e. The molecule has 0 aromatic rings. The molecule has 1 saturated heterocycles. The lowest BCUT2D eigenvalue weighted by atomic mass is 9.85. The van der Waals surface area contributed by atoms with Crippen molar-refractivity contribution in [1.29, 1.82) is 0 Å².